The van der Waals surface area contributed by atoms with Gasteiger partial charge in [-0.05, 0) is 35.9 Å². The van der Waals surface area contributed by atoms with Gasteiger partial charge < -0.3 is 8.83 Å². The Kier molecular flexibility index (Phi) is 5.59. The predicted octanol–water partition coefficient (Wildman–Crippen LogP) is 5.33. The van der Waals surface area contributed by atoms with Crippen LogP contribution in [0.25, 0.3) is 22.5 Å². The molecule has 6 rings (SSSR count). The zero-order valence-corrected chi connectivity index (χ0v) is 19.7. The summed E-state index contributed by atoms with van der Waals surface area (Å²) in [5.41, 5.74) is 3.13. The summed E-state index contributed by atoms with van der Waals surface area (Å²) in [6.45, 7) is 0. The van der Waals surface area contributed by atoms with Crippen molar-refractivity contribution >= 4 is 45.9 Å². The molecule has 4 heterocycles. The lowest BCUT2D eigenvalue weighted by molar-refractivity contribution is -0.130. The number of carbonyl (C=O) groups excluding carboxylic acids is 1. The van der Waals surface area contributed by atoms with Gasteiger partial charge in [0.25, 0.3) is 17.0 Å². The molecule has 1 aliphatic rings. The van der Waals surface area contributed by atoms with Gasteiger partial charge in [-0.25, -0.2) is 5.01 Å². The Hall–Kier alpha value is -3.89. The average Bonchev–Trinajstić information content (AvgIpc) is 3.68. The number of nitrogens with one attached hydrogen (secondary N) is 1. The number of halogens is 1. The molecule has 174 valence electrons. The average molecular weight is 505 g/mol. The molecule has 1 atom stereocenters. The lowest BCUT2D eigenvalue weighted by atomic mass is 10.0. The van der Waals surface area contributed by atoms with Crippen LogP contribution in [0.1, 0.15) is 23.8 Å². The van der Waals surface area contributed by atoms with Gasteiger partial charge in [-0.1, -0.05) is 53.7 Å². The monoisotopic (exact) mass is 504 g/mol. The number of thioether (sulfide) groups is 1. The van der Waals surface area contributed by atoms with Gasteiger partial charge in [-0.2, -0.15) is 10.2 Å². The highest BCUT2D eigenvalue weighted by Gasteiger charge is 2.35. The summed E-state index contributed by atoms with van der Waals surface area (Å²) in [5, 5.41) is 23.3. The van der Waals surface area contributed by atoms with Crippen molar-refractivity contribution in [3.63, 3.8) is 0 Å². The van der Waals surface area contributed by atoms with Crippen molar-refractivity contribution in [2.75, 3.05) is 5.75 Å². The fraction of sp³-hybridized carbons (Fsp3) is 0.125. The van der Waals surface area contributed by atoms with Crippen LogP contribution >= 0.6 is 23.4 Å². The number of benzene rings is 2. The maximum atomic E-state index is 13.2. The first kappa shape index (κ1) is 21.6. The van der Waals surface area contributed by atoms with Crippen LogP contribution in [0.15, 0.2) is 86.1 Å². The third-order valence-corrected chi connectivity index (χ3v) is 6.67. The Morgan fingerprint density at radius 2 is 1.97 bits per heavy atom. The quantitative estimate of drug-likeness (QED) is 0.311. The number of nitrogens with zero attached hydrogens (tertiary/aromatic N) is 5. The summed E-state index contributed by atoms with van der Waals surface area (Å²) >= 11 is 7.17. The van der Waals surface area contributed by atoms with Crippen molar-refractivity contribution < 1.29 is 13.6 Å². The maximum Gasteiger partial charge on any atom is 0.277 e. The highest BCUT2D eigenvalue weighted by atomic mass is 35.5. The Labute approximate surface area is 208 Å². The molecule has 2 aromatic carbocycles. The minimum Gasteiger partial charge on any atom is -0.467 e. The van der Waals surface area contributed by atoms with Gasteiger partial charge in [0.15, 0.2) is 5.69 Å². The molecular weight excluding hydrogens is 488 g/mol. The van der Waals surface area contributed by atoms with Crippen molar-refractivity contribution in [2.24, 2.45) is 5.10 Å². The van der Waals surface area contributed by atoms with Crippen LogP contribution in [0, 0.1) is 0 Å². The van der Waals surface area contributed by atoms with Crippen LogP contribution in [-0.2, 0) is 4.79 Å². The van der Waals surface area contributed by atoms with E-state index in [9.17, 15) is 4.79 Å². The molecule has 35 heavy (non-hydrogen) atoms. The van der Waals surface area contributed by atoms with Gasteiger partial charge in [0, 0.05) is 16.8 Å². The first-order valence-electron chi connectivity index (χ1n) is 10.7. The highest BCUT2D eigenvalue weighted by Crippen LogP contribution is 2.34. The second-order valence-electron chi connectivity index (χ2n) is 7.81. The van der Waals surface area contributed by atoms with E-state index < -0.39 is 0 Å². The fourth-order valence-corrected chi connectivity index (χ4v) is 4.68. The highest BCUT2D eigenvalue weighted by molar-refractivity contribution is 7.99. The number of carbonyl (C=O) groups is 1. The van der Waals surface area contributed by atoms with Gasteiger partial charge in [-0.3, -0.25) is 9.89 Å². The van der Waals surface area contributed by atoms with Gasteiger partial charge in [0.2, 0.25) is 0 Å². The molecule has 0 saturated carbocycles. The van der Waals surface area contributed by atoms with Crippen molar-refractivity contribution in [2.45, 2.75) is 17.7 Å². The van der Waals surface area contributed by atoms with Gasteiger partial charge in [0.05, 0.1) is 23.2 Å². The molecule has 3 aromatic heterocycles. The number of rotatable bonds is 6. The second-order valence-corrected chi connectivity index (χ2v) is 9.17. The molecule has 1 N–H and O–H groups in total. The van der Waals surface area contributed by atoms with Crippen molar-refractivity contribution in [3.8, 4) is 11.6 Å². The minimum absolute atomic E-state index is 0.0670. The zero-order chi connectivity index (χ0) is 23.8. The molecule has 0 aliphatic carbocycles. The molecule has 5 aromatic rings. The number of hydrazone groups is 1. The summed E-state index contributed by atoms with van der Waals surface area (Å²) in [4.78, 5) is 13.2. The molecule has 0 unspecified atom stereocenters. The van der Waals surface area contributed by atoms with Crippen molar-refractivity contribution in [1.29, 1.82) is 0 Å². The molecule has 1 amide bonds. The van der Waals surface area contributed by atoms with Gasteiger partial charge in [0.1, 0.15) is 11.8 Å². The molecule has 0 spiro atoms. The predicted molar refractivity (Wildman–Crippen MR) is 131 cm³/mol. The van der Waals surface area contributed by atoms with Gasteiger partial charge >= 0.3 is 0 Å². The van der Waals surface area contributed by atoms with E-state index in [1.807, 2.05) is 42.5 Å². The SMILES string of the molecule is O=C(CSc1nnc(-c2n[nH]c3ccccc23)o1)N1N=C(c2ccc(Cl)cc2)C[C@H]1c1ccco1. The maximum absolute atomic E-state index is 13.2. The Morgan fingerprint density at radius 1 is 1.11 bits per heavy atom. The molecule has 0 radical (unpaired) electrons. The molecule has 0 fully saturated rings. The third-order valence-electron chi connectivity index (χ3n) is 5.61. The summed E-state index contributed by atoms with van der Waals surface area (Å²) in [6.07, 6.45) is 2.12. The number of hydrogen-bond acceptors (Lipinski definition) is 8. The number of amides is 1. The summed E-state index contributed by atoms with van der Waals surface area (Å²) in [5.74, 6) is 0.819. The smallest absolute Gasteiger partial charge is 0.277 e. The number of hydrogen-bond donors (Lipinski definition) is 1. The Balaban J connectivity index is 1.20. The number of H-pyrrole nitrogens is 1. The van der Waals surface area contributed by atoms with E-state index in [1.165, 1.54) is 5.01 Å². The summed E-state index contributed by atoms with van der Waals surface area (Å²) in [6, 6.07) is 18.4. The fourth-order valence-electron chi connectivity index (χ4n) is 3.94. The summed E-state index contributed by atoms with van der Waals surface area (Å²) in [7, 11) is 0. The molecular formula is C24H17ClN6O3S. The first-order valence-corrected chi connectivity index (χ1v) is 12.1. The van der Waals surface area contributed by atoms with E-state index in [0.717, 1.165) is 33.9 Å². The number of aromatic amines is 1. The Bertz CT molecular complexity index is 1530. The number of para-hydroxylation sites is 1. The number of aromatic nitrogens is 4. The number of fused-ring (bicyclic) bond motifs is 1. The van der Waals surface area contributed by atoms with Crippen molar-refractivity contribution in [1.82, 2.24) is 25.4 Å². The van der Waals surface area contributed by atoms with E-state index in [-0.39, 0.29) is 28.8 Å². The van der Waals surface area contributed by atoms with E-state index in [2.05, 4.69) is 25.5 Å². The van der Waals surface area contributed by atoms with Gasteiger partial charge in [-0.15, -0.1) is 10.2 Å². The van der Waals surface area contributed by atoms with Crippen LogP contribution in [0.3, 0.4) is 0 Å². The first-order chi connectivity index (χ1) is 17.2. The lowest BCUT2D eigenvalue weighted by Gasteiger charge is -2.19. The van der Waals surface area contributed by atoms with E-state index in [1.54, 1.807) is 24.5 Å². The van der Waals surface area contributed by atoms with Crippen molar-refractivity contribution in [3.05, 3.63) is 83.3 Å². The van der Waals surface area contributed by atoms with E-state index in [4.69, 9.17) is 20.4 Å². The summed E-state index contributed by atoms with van der Waals surface area (Å²) < 4.78 is 11.4. The van der Waals surface area contributed by atoms with Crippen LogP contribution in [0.2, 0.25) is 5.02 Å². The minimum atomic E-state index is -0.336. The third kappa shape index (κ3) is 4.22. The van der Waals surface area contributed by atoms with Crippen LogP contribution in [-0.4, -0.2) is 42.8 Å². The van der Waals surface area contributed by atoms with Crippen LogP contribution in [0.4, 0.5) is 0 Å². The standard InChI is InChI=1S/C24H17ClN6O3S/c25-15-9-7-14(8-10-15)18-12-19(20-6-3-11-33-20)31(30-18)21(32)13-35-24-29-28-23(34-24)22-16-4-1-2-5-17(16)26-27-22/h1-11,19H,12-13H2,(H,26,27)/t19-/m0/s1. The second kappa shape index (κ2) is 9.05. The lowest BCUT2D eigenvalue weighted by Crippen LogP contribution is -2.28. The largest absolute Gasteiger partial charge is 0.467 e. The van der Waals surface area contributed by atoms with E-state index >= 15 is 0 Å². The molecule has 0 saturated heterocycles. The number of furan rings is 1. The van der Waals surface area contributed by atoms with Crippen LogP contribution < -0.4 is 0 Å². The Morgan fingerprint density at radius 3 is 2.80 bits per heavy atom. The normalized spacial score (nSPS) is 15.6. The van der Waals surface area contributed by atoms with E-state index in [0.29, 0.717) is 22.9 Å². The zero-order valence-electron chi connectivity index (χ0n) is 18.1. The molecule has 9 nitrogen and oxygen atoms in total. The topological polar surface area (TPSA) is 113 Å². The molecule has 0 bridgehead atoms. The molecule has 1 aliphatic heterocycles. The molecule has 11 heteroatoms. The van der Waals surface area contributed by atoms with Crippen LogP contribution in [0.5, 0.6) is 0 Å².